The van der Waals surface area contributed by atoms with Gasteiger partial charge in [-0.25, -0.2) is 0 Å². The molecule has 4 heteroatoms. The number of hydrogen-bond acceptors (Lipinski definition) is 3. The van der Waals surface area contributed by atoms with E-state index in [-0.39, 0.29) is 5.54 Å². The third kappa shape index (κ3) is 3.97. The summed E-state index contributed by atoms with van der Waals surface area (Å²) in [6, 6.07) is 0. The molecule has 0 aromatic carbocycles. The largest absolute Gasteiger partial charge is 0.381 e. The Labute approximate surface area is 96.1 Å². The standard InChI is InChI=1S/C10H20ClNOS/c1-14-8-2-5-12-10(9-11)3-6-13-7-4-10/h12H,2-9H2,1H3. The maximum atomic E-state index is 6.03. The highest BCUT2D eigenvalue weighted by molar-refractivity contribution is 7.98. The van der Waals surface area contributed by atoms with Gasteiger partial charge in [0.1, 0.15) is 0 Å². The molecule has 2 nitrogen and oxygen atoms in total. The summed E-state index contributed by atoms with van der Waals surface area (Å²) in [5, 5.41) is 3.59. The number of thioether (sulfide) groups is 1. The average Bonchev–Trinajstić information content (AvgIpc) is 2.26. The van der Waals surface area contributed by atoms with Gasteiger partial charge in [0, 0.05) is 24.6 Å². The van der Waals surface area contributed by atoms with Gasteiger partial charge >= 0.3 is 0 Å². The topological polar surface area (TPSA) is 21.3 Å². The van der Waals surface area contributed by atoms with Crippen molar-refractivity contribution in [3.63, 3.8) is 0 Å². The van der Waals surface area contributed by atoms with E-state index in [1.54, 1.807) is 0 Å². The van der Waals surface area contributed by atoms with Crippen molar-refractivity contribution in [3.05, 3.63) is 0 Å². The minimum absolute atomic E-state index is 0.151. The lowest BCUT2D eigenvalue weighted by atomic mass is 9.92. The van der Waals surface area contributed by atoms with Crippen LogP contribution in [0.25, 0.3) is 0 Å². The van der Waals surface area contributed by atoms with E-state index in [0.717, 1.165) is 32.6 Å². The van der Waals surface area contributed by atoms with E-state index in [2.05, 4.69) is 11.6 Å². The lowest BCUT2D eigenvalue weighted by Crippen LogP contribution is -2.51. The van der Waals surface area contributed by atoms with Gasteiger partial charge in [0.25, 0.3) is 0 Å². The molecule has 1 heterocycles. The second-order valence-electron chi connectivity index (χ2n) is 3.80. The smallest absolute Gasteiger partial charge is 0.0484 e. The Bertz CT molecular complexity index is 151. The molecule has 14 heavy (non-hydrogen) atoms. The van der Waals surface area contributed by atoms with Crippen LogP contribution in [0.2, 0.25) is 0 Å². The second-order valence-corrected chi connectivity index (χ2v) is 5.05. The molecule has 1 rings (SSSR count). The van der Waals surface area contributed by atoms with Crippen LogP contribution in [0, 0.1) is 0 Å². The van der Waals surface area contributed by atoms with Gasteiger partial charge in [0.15, 0.2) is 0 Å². The first-order valence-corrected chi connectivity index (χ1v) is 7.13. The third-order valence-corrected chi connectivity index (χ3v) is 3.94. The second kappa shape index (κ2) is 6.94. The van der Waals surface area contributed by atoms with Gasteiger partial charge < -0.3 is 10.1 Å². The molecule has 0 unspecified atom stereocenters. The van der Waals surface area contributed by atoms with Crippen molar-refractivity contribution in [2.75, 3.05) is 37.6 Å². The molecule has 84 valence electrons. The first-order valence-electron chi connectivity index (χ1n) is 5.21. The molecule has 1 saturated heterocycles. The van der Waals surface area contributed by atoms with E-state index >= 15 is 0 Å². The van der Waals surface area contributed by atoms with Crippen LogP contribution in [0.1, 0.15) is 19.3 Å². The van der Waals surface area contributed by atoms with Crippen LogP contribution in [-0.2, 0) is 4.74 Å². The van der Waals surface area contributed by atoms with E-state index < -0.39 is 0 Å². The summed E-state index contributed by atoms with van der Waals surface area (Å²) in [4.78, 5) is 0. The van der Waals surface area contributed by atoms with Gasteiger partial charge in [-0.3, -0.25) is 0 Å². The number of nitrogens with one attached hydrogen (secondary N) is 1. The molecule has 0 saturated carbocycles. The Kier molecular flexibility index (Phi) is 6.26. The summed E-state index contributed by atoms with van der Waals surface area (Å²) in [6.07, 6.45) is 5.47. The molecular weight excluding hydrogens is 218 g/mol. The number of alkyl halides is 1. The molecule has 0 amide bonds. The monoisotopic (exact) mass is 237 g/mol. The van der Waals surface area contributed by atoms with E-state index in [1.165, 1.54) is 12.2 Å². The Morgan fingerprint density at radius 2 is 2.14 bits per heavy atom. The van der Waals surface area contributed by atoms with E-state index in [1.807, 2.05) is 11.8 Å². The third-order valence-electron chi connectivity index (χ3n) is 2.73. The van der Waals surface area contributed by atoms with Gasteiger partial charge in [-0.05, 0) is 37.8 Å². The Balaban J connectivity index is 2.22. The van der Waals surface area contributed by atoms with Crippen LogP contribution in [0.15, 0.2) is 0 Å². The molecule has 0 bridgehead atoms. The van der Waals surface area contributed by atoms with Gasteiger partial charge in [0.2, 0.25) is 0 Å². The number of halogens is 1. The van der Waals surface area contributed by atoms with Gasteiger partial charge in [0.05, 0.1) is 0 Å². The summed E-state index contributed by atoms with van der Waals surface area (Å²) < 4.78 is 5.35. The fourth-order valence-corrected chi connectivity index (χ4v) is 2.48. The average molecular weight is 238 g/mol. The molecule has 1 aliphatic rings. The zero-order valence-corrected chi connectivity index (χ0v) is 10.4. The fourth-order valence-electron chi connectivity index (χ4n) is 1.69. The highest BCUT2D eigenvalue weighted by Gasteiger charge is 2.30. The molecule has 0 spiro atoms. The van der Waals surface area contributed by atoms with E-state index in [4.69, 9.17) is 16.3 Å². The first-order chi connectivity index (χ1) is 6.83. The number of ether oxygens (including phenoxy) is 1. The molecule has 1 N–H and O–H groups in total. The quantitative estimate of drug-likeness (QED) is 0.565. The van der Waals surface area contributed by atoms with E-state index in [9.17, 15) is 0 Å². The van der Waals surface area contributed by atoms with Crippen LogP contribution >= 0.6 is 23.4 Å². The lowest BCUT2D eigenvalue weighted by molar-refractivity contribution is 0.0468. The van der Waals surface area contributed by atoms with E-state index in [0.29, 0.717) is 5.88 Å². The van der Waals surface area contributed by atoms with Crippen LogP contribution < -0.4 is 5.32 Å². The minimum Gasteiger partial charge on any atom is -0.381 e. The van der Waals surface area contributed by atoms with Crippen molar-refractivity contribution >= 4 is 23.4 Å². The Hall–Kier alpha value is 0.560. The molecule has 0 aliphatic carbocycles. The molecule has 0 aromatic rings. The van der Waals surface area contributed by atoms with Crippen molar-refractivity contribution in [2.45, 2.75) is 24.8 Å². The molecular formula is C10H20ClNOS. The van der Waals surface area contributed by atoms with Crippen molar-refractivity contribution < 1.29 is 4.74 Å². The van der Waals surface area contributed by atoms with Gasteiger partial charge in [-0.15, -0.1) is 11.6 Å². The first kappa shape index (κ1) is 12.6. The highest BCUT2D eigenvalue weighted by Crippen LogP contribution is 2.22. The Morgan fingerprint density at radius 1 is 1.43 bits per heavy atom. The number of rotatable bonds is 6. The summed E-state index contributed by atoms with van der Waals surface area (Å²) in [6.45, 7) is 2.78. The van der Waals surface area contributed by atoms with Gasteiger partial charge in [-0.1, -0.05) is 0 Å². The zero-order valence-electron chi connectivity index (χ0n) is 8.85. The maximum Gasteiger partial charge on any atom is 0.0484 e. The number of hydrogen-bond donors (Lipinski definition) is 1. The normalized spacial score (nSPS) is 21.0. The van der Waals surface area contributed by atoms with Crippen LogP contribution in [0.4, 0.5) is 0 Å². The predicted octanol–water partition coefficient (Wildman–Crippen LogP) is 2.12. The molecule has 0 aromatic heterocycles. The lowest BCUT2D eigenvalue weighted by Gasteiger charge is -2.36. The molecule has 0 radical (unpaired) electrons. The maximum absolute atomic E-state index is 6.03. The summed E-state index contributed by atoms with van der Waals surface area (Å²) in [7, 11) is 0. The van der Waals surface area contributed by atoms with Crippen molar-refractivity contribution in [1.29, 1.82) is 0 Å². The predicted molar refractivity (Wildman–Crippen MR) is 64.5 cm³/mol. The SMILES string of the molecule is CSCCCNC1(CCl)CCOCC1. The fraction of sp³-hybridized carbons (Fsp3) is 1.00. The van der Waals surface area contributed by atoms with Crippen molar-refractivity contribution in [2.24, 2.45) is 0 Å². The van der Waals surface area contributed by atoms with Crippen LogP contribution in [0.5, 0.6) is 0 Å². The summed E-state index contributed by atoms with van der Waals surface area (Å²) >= 11 is 7.92. The zero-order chi connectivity index (χ0) is 10.3. The molecule has 1 fully saturated rings. The van der Waals surface area contributed by atoms with Crippen molar-refractivity contribution in [3.8, 4) is 0 Å². The van der Waals surface area contributed by atoms with Crippen LogP contribution in [0.3, 0.4) is 0 Å². The van der Waals surface area contributed by atoms with Gasteiger partial charge in [-0.2, -0.15) is 11.8 Å². The Morgan fingerprint density at radius 3 is 2.71 bits per heavy atom. The van der Waals surface area contributed by atoms with Crippen LogP contribution in [-0.4, -0.2) is 43.2 Å². The molecule has 0 atom stereocenters. The summed E-state index contributed by atoms with van der Waals surface area (Å²) in [5.74, 6) is 1.93. The summed E-state index contributed by atoms with van der Waals surface area (Å²) in [5.41, 5.74) is 0.151. The van der Waals surface area contributed by atoms with Crippen molar-refractivity contribution in [1.82, 2.24) is 5.32 Å². The molecule has 1 aliphatic heterocycles. The minimum atomic E-state index is 0.151. The highest BCUT2D eigenvalue weighted by atomic mass is 35.5.